The maximum absolute atomic E-state index is 3.51. The van der Waals surface area contributed by atoms with Gasteiger partial charge >= 0.3 is 0 Å². The van der Waals surface area contributed by atoms with E-state index in [4.69, 9.17) is 0 Å². The van der Waals surface area contributed by atoms with Gasteiger partial charge in [-0.1, -0.05) is 0 Å². The Kier molecular flexibility index (Phi) is 3.74. The van der Waals surface area contributed by atoms with Crippen LogP contribution in [0.4, 0.5) is 0 Å². The molecule has 2 aliphatic heterocycles. The summed E-state index contributed by atoms with van der Waals surface area (Å²) in [6.45, 7) is 7.58. The molecule has 0 aromatic carbocycles. The van der Waals surface area contributed by atoms with Gasteiger partial charge in [-0.05, 0) is 56.8 Å². The van der Waals surface area contributed by atoms with Crippen molar-refractivity contribution in [1.82, 2.24) is 10.2 Å². The van der Waals surface area contributed by atoms with E-state index in [9.17, 15) is 0 Å². The van der Waals surface area contributed by atoms with Gasteiger partial charge in [-0.3, -0.25) is 4.90 Å². The van der Waals surface area contributed by atoms with E-state index in [0.717, 1.165) is 17.9 Å². The van der Waals surface area contributed by atoms with E-state index in [0.29, 0.717) is 0 Å². The monoisotopic (exact) mass is 214 g/mol. The van der Waals surface area contributed by atoms with E-state index in [1.807, 2.05) is 11.8 Å². The number of hydrogen-bond acceptors (Lipinski definition) is 3. The van der Waals surface area contributed by atoms with E-state index in [-0.39, 0.29) is 0 Å². The molecule has 14 heavy (non-hydrogen) atoms. The van der Waals surface area contributed by atoms with Crippen molar-refractivity contribution in [1.29, 1.82) is 0 Å². The molecule has 0 spiro atoms. The number of likely N-dealkylation sites (tertiary alicyclic amines) is 1. The largest absolute Gasteiger partial charge is 0.316 e. The SMILES string of the molecule is CSCCCN1CC2CNCC2C1C. The maximum Gasteiger partial charge on any atom is 0.0111 e. The van der Waals surface area contributed by atoms with Crippen molar-refractivity contribution >= 4 is 11.8 Å². The summed E-state index contributed by atoms with van der Waals surface area (Å²) in [5.74, 6) is 3.19. The average molecular weight is 214 g/mol. The first-order valence-electron chi connectivity index (χ1n) is 5.76. The number of hydrogen-bond donors (Lipinski definition) is 1. The second-order valence-electron chi connectivity index (χ2n) is 4.66. The highest BCUT2D eigenvalue weighted by Crippen LogP contribution is 2.32. The molecule has 2 heterocycles. The number of nitrogens with zero attached hydrogens (tertiary/aromatic N) is 1. The minimum atomic E-state index is 0.817. The van der Waals surface area contributed by atoms with Crippen LogP contribution in [0.1, 0.15) is 13.3 Å². The third-order valence-electron chi connectivity index (χ3n) is 3.85. The first-order chi connectivity index (χ1) is 6.83. The minimum absolute atomic E-state index is 0.817. The lowest BCUT2D eigenvalue weighted by Gasteiger charge is -2.23. The molecule has 0 aliphatic carbocycles. The summed E-state index contributed by atoms with van der Waals surface area (Å²) in [6, 6.07) is 0.817. The first-order valence-corrected chi connectivity index (χ1v) is 7.16. The normalized spacial score (nSPS) is 37.7. The van der Waals surface area contributed by atoms with E-state index in [1.165, 1.54) is 38.4 Å². The van der Waals surface area contributed by atoms with Crippen molar-refractivity contribution < 1.29 is 0 Å². The molecule has 3 unspecified atom stereocenters. The lowest BCUT2D eigenvalue weighted by atomic mass is 9.95. The molecule has 0 radical (unpaired) electrons. The summed E-state index contributed by atoms with van der Waals surface area (Å²) in [7, 11) is 0. The van der Waals surface area contributed by atoms with Crippen LogP contribution in [0.25, 0.3) is 0 Å². The molecule has 2 aliphatic rings. The van der Waals surface area contributed by atoms with Gasteiger partial charge in [0.2, 0.25) is 0 Å². The van der Waals surface area contributed by atoms with Crippen molar-refractivity contribution in [2.45, 2.75) is 19.4 Å². The van der Waals surface area contributed by atoms with Crippen molar-refractivity contribution in [2.75, 3.05) is 38.2 Å². The van der Waals surface area contributed by atoms with Crippen LogP contribution in [0.3, 0.4) is 0 Å². The predicted molar refractivity (Wildman–Crippen MR) is 63.9 cm³/mol. The molecular weight excluding hydrogens is 192 g/mol. The van der Waals surface area contributed by atoms with Crippen molar-refractivity contribution in [3.8, 4) is 0 Å². The highest BCUT2D eigenvalue weighted by atomic mass is 32.2. The molecule has 1 N–H and O–H groups in total. The van der Waals surface area contributed by atoms with E-state index in [2.05, 4.69) is 23.4 Å². The zero-order valence-electron chi connectivity index (χ0n) is 9.33. The summed E-state index contributed by atoms with van der Waals surface area (Å²) >= 11 is 1.97. The van der Waals surface area contributed by atoms with Crippen LogP contribution in [-0.4, -0.2) is 49.1 Å². The molecule has 2 nitrogen and oxygen atoms in total. The Balaban J connectivity index is 1.78. The van der Waals surface area contributed by atoms with Gasteiger partial charge in [0.05, 0.1) is 0 Å². The van der Waals surface area contributed by atoms with Crippen LogP contribution < -0.4 is 5.32 Å². The summed E-state index contributed by atoms with van der Waals surface area (Å²) in [5, 5.41) is 3.51. The molecule has 2 saturated heterocycles. The Bertz CT molecular complexity index is 186. The van der Waals surface area contributed by atoms with Crippen LogP contribution in [0.2, 0.25) is 0 Å². The Morgan fingerprint density at radius 3 is 3.00 bits per heavy atom. The lowest BCUT2D eigenvalue weighted by Crippen LogP contribution is -2.34. The van der Waals surface area contributed by atoms with E-state index >= 15 is 0 Å². The standard InChI is InChI=1S/C11H22N2S/c1-9-11-7-12-6-10(11)8-13(9)4-3-5-14-2/h9-12H,3-8H2,1-2H3. The fourth-order valence-corrected chi connectivity index (χ4v) is 3.38. The minimum Gasteiger partial charge on any atom is -0.316 e. The second kappa shape index (κ2) is 4.86. The Hall–Kier alpha value is 0.270. The average Bonchev–Trinajstić information content (AvgIpc) is 2.72. The van der Waals surface area contributed by atoms with Crippen LogP contribution in [-0.2, 0) is 0 Å². The summed E-state index contributed by atoms with van der Waals surface area (Å²) in [6.07, 6.45) is 3.56. The van der Waals surface area contributed by atoms with Gasteiger partial charge in [-0.15, -0.1) is 0 Å². The van der Waals surface area contributed by atoms with Gasteiger partial charge in [0.1, 0.15) is 0 Å². The van der Waals surface area contributed by atoms with Crippen molar-refractivity contribution in [3.05, 3.63) is 0 Å². The fourth-order valence-electron chi connectivity index (χ4n) is 2.96. The molecule has 0 bridgehead atoms. The molecule has 3 atom stereocenters. The topological polar surface area (TPSA) is 15.3 Å². The molecule has 0 aromatic heterocycles. The fraction of sp³-hybridized carbons (Fsp3) is 1.00. The third kappa shape index (κ3) is 2.10. The second-order valence-corrected chi connectivity index (χ2v) is 5.65. The number of thioether (sulfide) groups is 1. The number of fused-ring (bicyclic) bond motifs is 1. The predicted octanol–water partition coefficient (Wildman–Crippen LogP) is 1.28. The number of nitrogens with one attached hydrogen (secondary N) is 1. The van der Waals surface area contributed by atoms with Crippen molar-refractivity contribution in [2.24, 2.45) is 11.8 Å². The Morgan fingerprint density at radius 2 is 2.29 bits per heavy atom. The summed E-state index contributed by atoms with van der Waals surface area (Å²) in [4.78, 5) is 2.70. The van der Waals surface area contributed by atoms with Gasteiger partial charge in [0.25, 0.3) is 0 Å². The number of rotatable bonds is 4. The van der Waals surface area contributed by atoms with E-state index in [1.54, 1.807) is 0 Å². The van der Waals surface area contributed by atoms with Crippen LogP contribution in [0.15, 0.2) is 0 Å². The van der Waals surface area contributed by atoms with Crippen LogP contribution in [0.5, 0.6) is 0 Å². The quantitative estimate of drug-likeness (QED) is 0.710. The van der Waals surface area contributed by atoms with E-state index < -0.39 is 0 Å². The van der Waals surface area contributed by atoms with Crippen molar-refractivity contribution in [3.63, 3.8) is 0 Å². The first kappa shape index (κ1) is 10.8. The molecular formula is C11H22N2S. The Morgan fingerprint density at radius 1 is 1.43 bits per heavy atom. The zero-order valence-corrected chi connectivity index (χ0v) is 10.1. The summed E-state index contributed by atoms with van der Waals surface area (Å²) in [5.41, 5.74) is 0. The smallest absolute Gasteiger partial charge is 0.0111 e. The highest BCUT2D eigenvalue weighted by molar-refractivity contribution is 7.98. The summed E-state index contributed by atoms with van der Waals surface area (Å²) < 4.78 is 0. The van der Waals surface area contributed by atoms with Gasteiger partial charge in [0.15, 0.2) is 0 Å². The van der Waals surface area contributed by atoms with Crippen LogP contribution in [0, 0.1) is 11.8 Å². The lowest BCUT2D eigenvalue weighted by molar-refractivity contribution is 0.241. The van der Waals surface area contributed by atoms with Gasteiger partial charge in [0, 0.05) is 12.6 Å². The third-order valence-corrected chi connectivity index (χ3v) is 4.55. The molecule has 3 heteroatoms. The molecule has 0 aromatic rings. The Labute approximate surface area is 91.8 Å². The van der Waals surface area contributed by atoms with Gasteiger partial charge in [-0.25, -0.2) is 0 Å². The van der Waals surface area contributed by atoms with Gasteiger partial charge < -0.3 is 5.32 Å². The maximum atomic E-state index is 3.51. The molecule has 0 amide bonds. The molecule has 2 fully saturated rings. The molecule has 2 rings (SSSR count). The zero-order chi connectivity index (χ0) is 9.97. The highest BCUT2D eigenvalue weighted by Gasteiger charge is 2.41. The molecule has 0 saturated carbocycles. The molecule has 82 valence electrons. The van der Waals surface area contributed by atoms with Gasteiger partial charge in [-0.2, -0.15) is 11.8 Å². The van der Waals surface area contributed by atoms with Crippen LogP contribution >= 0.6 is 11.8 Å².